The predicted octanol–water partition coefficient (Wildman–Crippen LogP) is 2.37. The van der Waals surface area contributed by atoms with E-state index in [4.69, 9.17) is 15.0 Å². The second kappa shape index (κ2) is 17.5. The molecule has 0 unspecified atom stereocenters. The highest BCUT2D eigenvalue weighted by atomic mass is 16.6. The maximum atomic E-state index is 10.2. The molecule has 2 N–H and O–H groups in total. The lowest BCUT2D eigenvalue weighted by molar-refractivity contribution is -0.142. The van der Waals surface area contributed by atoms with Crippen LogP contribution >= 0.6 is 0 Å². The van der Waals surface area contributed by atoms with Crippen LogP contribution in [0.5, 0.6) is 0 Å². The fourth-order valence-corrected chi connectivity index (χ4v) is 0.263. The number of hydrogen-bond acceptors (Lipinski definition) is 3. The Morgan fingerprint density at radius 1 is 1.36 bits per heavy atom. The zero-order valence-electron chi connectivity index (χ0n) is 8.82. The van der Waals surface area contributed by atoms with E-state index in [0.717, 1.165) is 0 Å². The van der Waals surface area contributed by atoms with Gasteiger partial charge in [-0.1, -0.05) is 13.0 Å². The third-order valence-electron chi connectivity index (χ3n) is 0.594. The van der Waals surface area contributed by atoms with Crippen molar-refractivity contribution < 1.29 is 24.5 Å². The first-order chi connectivity index (χ1) is 6.45. The summed E-state index contributed by atoms with van der Waals surface area (Å²) >= 11 is 0. The van der Waals surface area contributed by atoms with Gasteiger partial charge in [0.05, 0.1) is 6.61 Å². The van der Waals surface area contributed by atoms with Gasteiger partial charge >= 0.3 is 12.1 Å². The SMILES string of the molecule is C=CC.CCOC(=O)CC.O=C(O)O. The van der Waals surface area contributed by atoms with Gasteiger partial charge in [0, 0.05) is 6.42 Å². The summed E-state index contributed by atoms with van der Waals surface area (Å²) in [6.07, 6.45) is 0.397. The summed E-state index contributed by atoms with van der Waals surface area (Å²) in [7, 11) is 0. The van der Waals surface area contributed by atoms with Crippen LogP contribution in [-0.4, -0.2) is 28.9 Å². The van der Waals surface area contributed by atoms with Gasteiger partial charge in [-0.25, -0.2) is 4.79 Å². The minimum atomic E-state index is -1.83. The summed E-state index contributed by atoms with van der Waals surface area (Å²) in [6.45, 7) is 9.32. The van der Waals surface area contributed by atoms with E-state index < -0.39 is 6.16 Å². The summed E-state index contributed by atoms with van der Waals surface area (Å²) < 4.78 is 4.55. The second-order valence-corrected chi connectivity index (χ2v) is 1.85. The molecular formula is C9H18O5. The molecule has 0 aromatic rings. The molecule has 0 atom stereocenters. The maximum Gasteiger partial charge on any atom is 0.503 e. The Kier molecular flexibility index (Phi) is 22.9. The summed E-state index contributed by atoms with van der Waals surface area (Å²) in [6, 6.07) is 0. The number of allylic oxidation sites excluding steroid dienone is 1. The summed E-state index contributed by atoms with van der Waals surface area (Å²) in [5, 5.41) is 13.9. The summed E-state index contributed by atoms with van der Waals surface area (Å²) in [4.78, 5) is 18.7. The number of esters is 1. The number of carboxylic acid groups (broad SMARTS) is 2. The molecule has 0 aliphatic heterocycles. The molecule has 0 heterocycles. The van der Waals surface area contributed by atoms with Crippen LogP contribution in [0.4, 0.5) is 4.79 Å². The Morgan fingerprint density at radius 2 is 1.64 bits per heavy atom. The van der Waals surface area contributed by atoms with E-state index in [2.05, 4.69) is 11.3 Å². The minimum Gasteiger partial charge on any atom is -0.466 e. The minimum absolute atomic E-state index is 0.123. The highest BCUT2D eigenvalue weighted by molar-refractivity contribution is 5.68. The van der Waals surface area contributed by atoms with Gasteiger partial charge < -0.3 is 14.9 Å². The maximum absolute atomic E-state index is 10.2. The number of carbonyl (C=O) groups is 2. The van der Waals surface area contributed by atoms with Crippen molar-refractivity contribution in [1.82, 2.24) is 0 Å². The van der Waals surface area contributed by atoms with Gasteiger partial charge in [0.25, 0.3) is 0 Å². The topological polar surface area (TPSA) is 83.8 Å². The number of hydrogen-bond donors (Lipinski definition) is 2. The van der Waals surface area contributed by atoms with E-state index in [-0.39, 0.29) is 5.97 Å². The average molecular weight is 206 g/mol. The first kappa shape index (κ1) is 18.3. The third kappa shape index (κ3) is 77.8. The van der Waals surface area contributed by atoms with E-state index in [9.17, 15) is 4.79 Å². The first-order valence-corrected chi connectivity index (χ1v) is 4.10. The summed E-state index contributed by atoms with van der Waals surface area (Å²) in [5.41, 5.74) is 0. The van der Waals surface area contributed by atoms with Crippen LogP contribution in [0.1, 0.15) is 27.2 Å². The van der Waals surface area contributed by atoms with Crippen LogP contribution in [-0.2, 0) is 9.53 Å². The van der Waals surface area contributed by atoms with Crippen LogP contribution in [0, 0.1) is 0 Å². The average Bonchev–Trinajstić information content (AvgIpc) is 2.05. The van der Waals surface area contributed by atoms with Crippen molar-refractivity contribution >= 4 is 12.1 Å². The van der Waals surface area contributed by atoms with Crippen molar-refractivity contribution in [3.63, 3.8) is 0 Å². The van der Waals surface area contributed by atoms with Gasteiger partial charge in [-0.3, -0.25) is 4.79 Å². The van der Waals surface area contributed by atoms with Crippen molar-refractivity contribution in [3.8, 4) is 0 Å². The highest BCUT2D eigenvalue weighted by Crippen LogP contribution is 1.80. The van der Waals surface area contributed by atoms with E-state index >= 15 is 0 Å². The normalized spacial score (nSPS) is 6.79. The molecule has 0 rings (SSSR count). The fraction of sp³-hybridized carbons (Fsp3) is 0.556. The number of carbonyl (C=O) groups excluding carboxylic acids is 1. The molecule has 0 aliphatic carbocycles. The van der Waals surface area contributed by atoms with Crippen LogP contribution in [0.25, 0.3) is 0 Å². The number of rotatable bonds is 2. The summed E-state index contributed by atoms with van der Waals surface area (Å²) in [5.74, 6) is -0.123. The second-order valence-electron chi connectivity index (χ2n) is 1.85. The Morgan fingerprint density at radius 3 is 1.71 bits per heavy atom. The van der Waals surface area contributed by atoms with Gasteiger partial charge in [0.15, 0.2) is 0 Å². The molecule has 0 amide bonds. The standard InChI is InChI=1S/C5H10O2.C3H6.CH2O3/c1-3-5(6)7-4-2;1-3-2;2-1(3)4/h3-4H2,1-2H3;3H,1H2,2H3;(H2,2,3,4). The van der Waals surface area contributed by atoms with Gasteiger partial charge in [-0.05, 0) is 13.8 Å². The van der Waals surface area contributed by atoms with E-state index in [1.165, 1.54) is 0 Å². The largest absolute Gasteiger partial charge is 0.503 e. The Hall–Kier alpha value is -1.52. The molecule has 14 heavy (non-hydrogen) atoms. The Balaban J connectivity index is -0.000000147. The Labute approximate surface area is 84.0 Å². The number of ether oxygens (including phenoxy) is 1. The monoisotopic (exact) mass is 206 g/mol. The van der Waals surface area contributed by atoms with Gasteiger partial charge in [0.2, 0.25) is 0 Å². The fourth-order valence-electron chi connectivity index (χ4n) is 0.263. The molecular weight excluding hydrogens is 188 g/mol. The molecule has 5 heteroatoms. The van der Waals surface area contributed by atoms with Crippen molar-refractivity contribution in [3.05, 3.63) is 12.7 Å². The Bertz CT molecular complexity index is 149. The molecule has 0 aromatic heterocycles. The lowest BCUT2D eigenvalue weighted by Crippen LogP contribution is -2.00. The van der Waals surface area contributed by atoms with E-state index in [0.29, 0.717) is 13.0 Å². The van der Waals surface area contributed by atoms with Crippen LogP contribution < -0.4 is 0 Å². The predicted molar refractivity (Wildman–Crippen MR) is 53.4 cm³/mol. The highest BCUT2D eigenvalue weighted by Gasteiger charge is 1.91. The first-order valence-electron chi connectivity index (χ1n) is 4.10. The van der Waals surface area contributed by atoms with Gasteiger partial charge in [-0.2, -0.15) is 0 Å². The molecule has 0 aromatic carbocycles. The van der Waals surface area contributed by atoms with Crippen molar-refractivity contribution in [2.75, 3.05) is 6.61 Å². The molecule has 0 fully saturated rings. The van der Waals surface area contributed by atoms with Crippen LogP contribution in [0.3, 0.4) is 0 Å². The van der Waals surface area contributed by atoms with Gasteiger partial charge in [0.1, 0.15) is 0 Å². The molecule has 0 saturated carbocycles. The molecule has 0 spiro atoms. The van der Waals surface area contributed by atoms with Crippen LogP contribution in [0.15, 0.2) is 12.7 Å². The third-order valence-corrected chi connectivity index (χ3v) is 0.594. The zero-order valence-corrected chi connectivity index (χ0v) is 8.82. The molecule has 0 saturated heterocycles. The molecule has 5 nitrogen and oxygen atoms in total. The molecule has 0 radical (unpaired) electrons. The lowest BCUT2D eigenvalue weighted by atomic mass is 10.5. The van der Waals surface area contributed by atoms with E-state index in [1.807, 2.05) is 6.92 Å². The quantitative estimate of drug-likeness (QED) is 0.535. The molecule has 0 aliphatic rings. The molecule has 84 valence electrons. The zero-order chi connectivity index (χ0) is 12.0. The smallest absolute Gasteiger partial charge is 0.466 e. The van der Waals surface area contributed by atoms with Crippen molar-refractivity contribution in [1.29, 1.82) is 0 Å². The lowest BCUT2D eigenvalue weighted by Gasteiger charge is -1.93. The molecule has 0 bridgehead atoms. The van der Waals surface area contributed by atoms with Crippen LogP contribution in [0.2, 0.25) is 0 Å². The van der Waals surface area contributed by atoms with Gasteiger partial charge in [-0.15, -0.1) is 6.58 Å². The van der Waals surface area contributed by atoms with Crippen molar-refractivity contribution in [2.45, 2.75) is 27.2 Å². The van der Waals surface area contributed by atoms with Crippen molar-refractivity contribution in [2.24, 2.45) is 0 Å². The van der Waals surface area contributed by atoms with E-state index in [1.54, 1.807) is 19.9 Å².